The summed E-state index contributed by atoms with van der Waals surface area (Å²) in [6, 6.07) is 16.5. The van der Waals surface area contributed by atoms with Gasteiger partial charge in [0, 0.05) is 12.1 Å². The number of hydrogen-bond acceptors (Lipinski definition) is 6. The van der Waals surface area contributed by atoms with Crippen LogP contribution in [0.4, 0.5) is 10.1 Å². The topological polar surface area (TPSA) is 118 Å². The van der Waals surface area contributed by atoms with E-state index < -0.39 is 16.6 Å². The number of nitro benzene ring substituents is 1. The molecule has 0 aliphatic heterocycles. The average molecular weight is 497 g/mol. The molecular formula is C22H14BrFN4O4. The number of rotatable bonds is 7. The highest BCUT2D eigenvalue weighted by molar-refractivity contribution is 9.10. The molecule has 0 spiro atoms. The van der Waals surface area contributed by atoms with Gasteiger partial charge in [-0.15, -0.1) is 0 Å². The van der Waals surface area contributed by atoms with Gasteiger partial charge in [-0.25, -0.2) is 9.82 Å². The zero-order chi connectivity index (χ0) is 23.1. The van der Waals surface area contributed by atoms with Gasteiger partial charge in [0.1, 0.15) is 18.2 Å². The zero-order valence-electron chi connectivity index (χ0n) is 16.3. The maximum Gasteiger partial charge on any atom is 0.274 e. The maximum absolute atomic E-state index is 13.9. The predicted octanol–water partition coefficient (Wildman–Crippen LogP) is 4.71. The number of amides is 1. The minimum atomic E-state index is -0.815. The quantitative estimate of drug-likeness (QED) is 0.288. The molecule has 0 saturated heterocycles. The molecule has 0 aliphatic carbocycles. The molecule has 0 bridgehead atoms. The largest absolute Gasteiger partial charge is 0.488 e. The van der Waals surface area contributed by atoms with Crippen molar-refractivity contribution >= 4 is 33.7 Å². The van der Waals surface area contributed by atoms with E-state index in [4.69, 9.17) is 10.00 Å². The zero-order valence-corrected chi connectivity index (χ0v) is 17.9. The minimum Gasteiger partial charge on any atom is -0.488 e. The molecule has 0 saturated carbocycles. The van der Waals surface area contributed by atoms with Crippen LogP contribution in [-0.4, -0.2) is 17.0 Å². The lowest BCUT2D eigenvalue weighted by atomic mass is 10.1. The number of carbonyl (C=O) groups excluding carboxylic acids is 1. The molecule has 0 fully saturated rings. The Labute approximate surface area is 190 Å². The second kappa shape index (κ2) is 10.3. The van der Waals surface area contributed by atoms with E-state index in [-0.39, 0.29) is 23.4 Å². The first-order valence-electron chi connectivity index (χ1n) is 9.06. The smallest absolute Gasteiger partial charge is 0.274 e. The van der Waals surface area contributed by atoms with Gasteiger partial charge < -0.3 is 4.74 Å². The van der Waals surface area contributed by atoms with Crippen molar-refractivity contribution in [3.63, 3.8) is 0 Å². The van der Waals surface area contributed by atoms with Crippen LogP contribution in [-0.2, 0) is 6.61 Å². The summed E-state index contributed by atoms with van der Waals surface area (Å²) in [5, 5.41) is 23.4. The molecule has 0 heterocycles. The van der Waals surface area contributed by atoms with E-state index in [1.807, 2.05) is 0 Å². The van der Waals surface area contributed by atoms with Crippen molar-refractivity contribution in [1.82, 2.24) is 5.43 Å². The predicted molar refractivity (Wildman–Crippen MR) is 118 cm³/mol. The monoisotopic (exact) mass is 496 g/mol. The Morgan fingerprint density at radius 1 is 1.25 bits per heavy atom. The van der Waals surface area contributed by atoms with E-state index >= 15 is 0 Å². The van der Waals surface area contributed by atoms with Crippen LogP contribution in [0.1, 0.15) is 27.0 Å². The summed E-state index contributed by atoms with van der Waals surface area (Å²) in [7, 11) is 0. The number of benzene rings is 3. The van der Waals surface area contributed by atoms with Gasteiger partial charge in [0.05, 0.1) is 32.8 Å². The molecule has 0 atom stereocenters. The first-order chi connectivity index (χ1) is 15.4. The lowest BCUT2D eigenvalue weighted by Crippen LogP contribution is -2.19. The van der Waals surface area contributed by atoms with Crippen molar-refractivity contribution < 1.29 is 18.8 Å². The van der Waals surface area contributed by atoms with Crippen LogP contribution >= 0.6 is 15.9 Å². The number of nitrogens with one attached hydrogen (secondary N) is 1. The van der Waals surface area contributed by atoms with Gasteiger partial charge in [-0.3, -0.25) is 14.9 Å². The van der Waals surface area contributed by atoms with Crippen LogP contribution in [0.2, 0.25) is 0 Å². The third-order valence-electron chi connectivity index (χ3n) is 4.19. The Hall–Kier alpha value is -4.10. The number of nitriles is 1. The second-order valence-corrected chi connectivity index (χ2v) is 7.27. The first-order valence-corrected chi connectivity index (χ1v) is 9.85. The molecule has 1 amide bonds. The van der Waals surface area contributed by atoms with E-state index in [1.165, 1.54) is 30.5 Å². The van der Waals surface area contributed by atoms with Crippen molar-refractivity contribution in [2.24, 2.45) is 5.10 Å². The summed E-state index contributed by atoms with van der Waals surface area (Å²) < 4.78 is 20.2. The number of nitrogens with zero attached hydrogens (tertiary/aromatic N) is 3. The van der Waals surface area contributed by atoms with Crippen molar-refractivity contribution in [2.75, 3.05) is 0 Å². The highest BCUT2D eigenvalue weighted by Crippen LogP contribution is 2.27. The molecule has 0 unspecified atom stereocenters. The number of hydrazone groups is 1. The van der Waals surface area contributed by atoms with E-state index in [2.05, 4.69) is 26.5 Å². The highest BCUT2D eigenvalue weighted by atomic mass is 79.9. The third kappa shape index (κ3) is 5.74. The van der Waals surface area contributed by atoms with E-state index in [9.17, 15) is 19.3 Å². The summed E-state index contributed by atoms with van der Waals surface area (Å²) in [4.78, 5) is 22.4. The first kappa shape index (κ1) is 22.6. The van der Waals surface area contributed by atoms with Gasteiger partial charge in [-0.05, 0) is 63.5 Å². The molecule has 3 rings (SSSR count). The number of carbonyl (C=O) groups is 1. The molecule has 32 heavy (non-hydrogen) atoms. The fraction of sp³-hybridized carbons (Fsp3) is 0.0455. The summed E-state index contributed by atoms with van der Waals surface area (Å²) in [6.07, 6.45) is 1.37. The van der Waals surface area contributed by atoms with Crippen LogP contribution < -0.4 is 10.2 Å². The molecule has 10 heteroatoms. The SMILES string of the molecule is N#Cc1ccc(C(=O)N/N=C/c2ccc(OCc3cccc([N+](=O)[O-])c3)c(Br)c2)c(F)c1. The van der Waals surface area contributed by atoms with E-state index in [0.29, 0.717) is 21.3 Å². The fourth-order valence-corrected chi connectivity index (χ4v) is 3.14. The normalized spacial score (nSPS) is 10.5. The van der Waals surface area contributed by atoms with Crippen molar-refractivity contribution in [3.8, 4) is 11.8 Å². The molecule has 0 radical (unpaired) electrons. The number of non-ortho nitro benzene ring substituents is 1. The van der Waals surface area contributed by atoms with Gasteiger partial charge >= 0.3 is 0 Å². The Balaban J connectivity index is 1.61. The van der Waals surface area contributed by atoms with E-state index in [1.54, 1.807) is 36.4 Å². The second-order valence-electron chi connectivity index (χ2n) is 6.41. The molecule has 0 aliphatic rings. The number of ether oxygens (including phenoxy) is 1. The van der Waals surface area contributed by atoms with Crippen LogP contribution in [0.3, 0.4) is 0 Å². The van der Waals surface area contributed by atoms with Crippen molar-refractivity contribution in [2.45, 2.75) is 6.61 Å². The standard InChI is InChI=1S/C22H14BrFN4O4/c23-19-9-15(12-26-27-22(29)18-6-4-14(11-25)10-20(18)24)5-7-21(19)32-13-16-2-1-3-17(8-16)28(30)31/h1-10,12H,13H2,(H,27,29)/b26-12+. The van der Waals surface area contributed by atoms with Gasteiger partial charge in [0.25, 0.3) is 11.6 Å². The van der Waals surface area contributed by atoms with Crippen LogP contribution in [0.25, 0.3) is 0 Å². The molecule has 0 aromatic heterocycles. The summed E-state index contributed by atoms with van der Waals surface area (Å²) in [5.74, 6) is -1.05. The highest BCUT2D eigenvalue weighted by Gasteiger charge is 2.12. The van der Waals surface area contributed by atoms with Crippen LogP contribution in [0.5, 0.6) is 5.75 Å². The Morgan fingerprint density at radius 3 is 2.75 bits per heavy atom. The molecule has 1 N–H and O–H groups in total. The molecular weight excluding hydrogens is 483 g/mol. The maximum atomic E-state index is 13.9. The fourth-order valence-electron chi connectivity index (χ4n) is 2.63. The molecule has 3 aromatic carbocycles. The number of halogens is 2. The van der Waals surface area contributed by atoms with Gasteiger partial charge in [0.2, 0.25) is 0 Å². The number of nitro groups is 1. The van der Waals surface area contributed by atoms with E-state index in [0.717, 1.165) is 6.07 Å². The summed E-state index contributed by atoms with van der Waals surface area (Å²) >= 11 is 3.38. The van der Waals surface area contributed by atoms with Gasteiger partial charge in [-0.1, -0.05) is 12.1 Å². The lowest BCUT2D eigenvalue weighted by Gasteiger charge is -2.09. The molecule has 3 aromatic rings. The summed E-state index contributed by atoms with van der Waals surface area (Å²) in [5.41, 5.74) is 3.37. The Kier molecular flexibility index (Phi) is 7.25. The van der Waals surface area contributed by atoms with Crippen molar-refractivity contribution in [1.29, 1.82) is 5.26 Å². The van der Waals surface area contributed by atoms with Gasteiger partial charge in [-0.2, -0.15) is 10.4 Å². The lowest BCUT2D eigenvalue weighted by molar-refractivity contribution is -0.384. The molecule has 160 valence electrons. The van der Waals surface area contributed by atoms with Gasteiger partial charge in [0.15, 0.2) is 0 Å². The average Bonchev–Trinajstić information content (AvgIpc) is 2.78. The van der Waals surface area contributed by atoms with Crippen LogP contribution in [0.15, 0.2) is 70.2 Å². The Morgan fingerprint density at radius 2 is 2.06 bits per heavy atom. The number of hydrogen-bond donors (Lipinski definition) is 1. The Bertz CT molecular complexity index is 1260. The molecule has 8 nitrogen and oxygen atoms in total. The van der Waals surface area contributed by atoms with Crippen LogP contribution in [0, 0.1) is 27.3 Å². The van der Waals surface area contributed by atoms with Crippen molar-refractivity contribution in [3.05, 3.63) is 103 Å². The summed E-state index contributed by atoms with van der Waals surface area (Å²) in [6.45, 7) is 0.139. The third-order valence-corrected chi connectivity index (χ3v) is 4.81. The minimum absolute atomic E-state index is 0.0142.